The van der Waals surface area contributed by atoms with E-state index in [9.17, 15) is 21.8 Å². The molecule has 7 heteroatoms. The quantitative estimate of drug-likeness (QED) is 0.692. The van der Waals surface area contributed by atoms with Crippen LogP contribution in [0.1, 0.15) is 11.1 Å². The van der Waals surface area contributed by atoms with Crippen LogP contribution in [0.25, 0.3) is 0 Å². The first kappa shape index (κ1) is 15.5. The van der Waals surface area contributed by atoms with Gasteiger partial charge >= 0.3 is 6.18 Å². The van der Waals surface area contributed by atoms with E-state index in [4.69, 9.17) is 5.73 Å². The highest BCUT2D eigenvalue weighted by molar-refractivity contribution is 7.84. The van der Waals surface area contributed by atoms with Crippen molar-refractivity contribution >= 4 is 16.5 Å². The molecule has 0 aliphatic rings. The first-order chi connectivity index (χ1) is 9.77. The number of nitrogen functional groups attached to an aromatic ring is 1. The van der Waals surface area contributed by atoms with Gasteiger partial charge in [-0.15, -0.1) is 0 Å². The van der Waals surface area contributed by atoms with Crippen molar-refractivity contribution in [3.05, 3.63) is 59.4 Å². The largest absolute Gasteiger partial charge is 0.416 e. The molecule has 0 amide bonds. The number of halogens is 4. The molecule has 0 radical (unpaired) electrons. The van der Waals surface area contributed by atoms with E-state index in [0.29, 0.717) is 0 Å². The van der Waals surface area contributed by atoms with Crippen LogP contribution in [0.3, 0.4) is 0 Å². The molecule has 2 nitrogen and oxygen atoms in total. The van der Waals surface area contributed by atoms with Crippen LogP contribution in [0.2, 0.25) is 0 Å². The van der Waals surface area contributed by atoms with Gasteiger partial charge in [-0.05, 0) is 29.8 Å². The summed E-state index contributed by atoms with van der Waals surface area (Å²) in [6, 6.07) is 7.96. The third-order valence-corrected chi connectivity index (χ3v) is 4.21. The Kier molecular flexibility index (Phi) is 4.32. The van der Waals surface area contributed by atoms with Gasteiger partial charge in [0.15, 0.2) is 0 Å². The Morgan fingerprint density at radius 2 is 1.81 bits per heavy atom. The summed E-state index contributed by atoms with van der Waals surface area (Å²) in [5.41, 5.74) is 5.17. The lowest BCUT2D eigenvalue weighted by molar-refractivity contribution is -0.137. The smallest absolute Gasteiger partial charge is 0.398 e. The highest BCUT2D eigenvalue weighted by Crippen LogP contribution is 2.30. The molecule has 0 aliphatic heterocycles. The third-order valence-electron chi connectivity index (χ3n) is 2.77. The van der Waals surface area contributed by atoms with E-state index in [0.717, 1.165) is 24.3 Å². The molecule has 0 fully saturated rings. The lowest BCUT2D eigenvalue weighted by Crippen LogP contribution is -2.06. The number of hydrogen-bond donors (Lipinski definition) is 1. The second-order valence-electron chi connectivity index (χ2n) is 4.37. The summed E-state index contributed by atoms with van der Waals surface area (Å²) < 4.78 is 63.1. The average molecular weight is 317 g/mol. The summed E-state index contributed by atoms with van der Waals surface area (Å²) in [5.74, 6) is -0.769. The fourth-order valence-electron chi connectivity index (χ4n) is 1.77. The molecular formula is C14H11F4NOS. The second kappa shape index (κ2) is 5.85. The molecule has 1 atom stereocenters. The molecule has 2 rings (SSSR count). The zero-order chi connectivity index (χ0) is 15.6. The molecular weight excluding hydrogens is 306 g/mol. The van der Waals surface area contributed by atoms with Gasteiger partial charge in [-0.2, -0.15) is 13.2 Å². The Labute approximate surface area is 121 Å². The summed E-state index contributed by atoms with van der Waals surface area (Å²) in [7, 11) is -1.72. The van der Waals surface area contributed by atoms with Crippen LogP contribution in [0, 0.1) is 5.82 Å². The highest BCUT2D eigenvalue weighted by atomic mass is 32.2. The Morgan fingerprint density at radius 3 is 2.48 bits per heavy atom. The van der Waals surface area contributed by atoms with Crippen LogP contribution < -0.4 is 5.73 Å². The molecule has 0 aromatic heterocycles. The molecule has 0 bridgehead atoms. The van der Waals surface area contributed by atoms with E-state index in [2.05, 4.69) is 0 Å². The monoisotopic (exact) mass is 317 g/mol. The molecule has 2 aromatic carbocycles. The average Bonchev–Trinajstić information content (AvgIpc) is 2.41. The minimum atomic E-state index is -4.46. The van der Waals surface area contributed by atoms with Crippen LogP contribution in [0.5, 0.6) is 0 Å². The van der Waals surface area contributed by atoms with Gasteiger partial charge in [-0.3, -0.25) is 4.21 Å². The van der Waals surface area contributed by atoms with Gasteiger partial charge < -0.3 is 5.73 Å². The van der Waals surface area contributed by atoms with E-state index in [1.807, 2.05) is 0 Å². The van der Waals surface area contributed by atoms with Crippen molar-refractivity contribution in [3.8, 4) is 0 Å². The van der Waals surface area contributed by atoms with Crippen molar-refractivity contribution in [1.29, 1.82) is 0 Å². The van der Waals surface area contributed by atoms with Crippen LogP contribution in [-0.2, 0) is 22.7 Å². The molecule has 1 unspecified atom stereocenters. The molecule has 21 heavy (non-hydrogen) atoms. The fraction of sp³-hybridized carbons (Fsp3) is 0.143. The SMILES string of the molecule is Nc1ccc(F)cc1S(=O)Cc1cccc(C(F)(F)F)c1. The zero-order valence-electron chi connectivity index (χ0n) is 10.7. The molecule has 2 aromatic rings. The molecule has 0 heterocycles. The van der Waals surface area contributed by atoms with Crippen LogP contribution >= 0.6 is 0 Å². The minimum absolute atomic E-state index is 0.0763. The maximum Gasteiger partial charge on any atom is 0.416 e. The van der Waals surface area contributed by atoms with E-state index in [1.54, 1.807) is 0 Å². The van der Waals surface area contributed by atoms with Crippen LogP contribution in [-0.4, -0.2) is 4.21 Å². The summed E-state index contributed by atoms with van der Waals surface area (Å²) in [5, 5.41) is 0. The number of alkyl halides is 3. The molecule has 0 saturated heterocycles. The first-order valence-electron chi connectivity index (χ1n) is 5.87. The number of hydrogen-bond acceptors (Lipinski definition) is 2. The van der Waals surface area contributed by atoms with Gasteiger partial charge in [0.1, 0.15) is 5.82 Å². The van der Waals surface area contributed by atoms with Gasteiger partial charge in [-0.1, -0.05) is 18.2 Å². The standard InChI is InChI=1S/C14H11F4NOS/c15-11-4-5-12(19)13(7-11)21(20)8-9-2-1-3-10(6-9)14(16,17)18/h1-7H,8,19H2. The molecule has 0 saturated carbocycles. The van der Waals surface area contributed by atoms with E-state index in [-0.39, 0.29) is 21.9 Å². The predicted molar refractivity (Wildman–Crippen MR) is 72.4 cm³/mol. The van der Waals surface area contributed by atoms with Crippen LogP contribution in [0.15, 0.2) is 47.4 Å². The highest BCUT2D eigenvalue weighted by Gasteiger charge is 2.30. The Morgan fingerprint density at radius 1 is 1.10 bits per heavy atom. The topological polar surface area (TPSA) is 43.1 Å². The van der Waals surface area contributed by atoms with Gasteiger partial charge in [0, 0.05) is 5.69 Å². The van der Waals surface area contributed by atoms with Gasteiger partial charge in [0.25, 0.3) is 0 Å². The summed E-state index contributed by atoms with van der Waals surface area (Å²) in [6.45, 7) is 0. The summed E-state index contributed by atoms with van der Waals surface area (Å²) in [6.07, 6.45) is -4.46. The van der Waals surface area contributed by atoms with E-state index < -0.39 is 28.4 Å². The lowest BCUT2D eigenvalue weighted by Gasteiger charge is -2.09. The minimum Gasteiger partial charge on any atom is -0.398 e. The predicted octanol–water partition coefficient (Wildman–Crippen LogP) is 3.73. The first-order valence-corrected chi connectivity index (χ1v) is 7.19. The maximum absolute atomic E-state index is 13.1. The van der Waals surface area contributed by atoms with Crippen molar-refractivity contribution < 1.29 is 21.8 Å². The van der Waals surface area contributed by atoms with Crippen molar-refractivity contribution in [2.24, 2.45) is 0 Å². The summed E-state index contributed by atoms with van der Waals surface area (Å²) in [4.78, 5) is 0.0763. The van der Waals surface area contributed by atoms with E-state index >= 15 is 0 Å². The van der Waals surface area contributed by atoms with Crippen molar-refractivity contribution in [2.45, 2.75) is 16.8 Å². The number of nitrogens with two attached hydrogens (primary N) is 1. The number of anilines is 1. The van der Waals surface area contributed by atoms with Gasteiger partial charge in [0.05, 0.1) is 27.0 Å². The van der Waals surface area contributed by atoms with Crippen molar-refractivity contribution in [2.75, 3.05) is 5.73 Å². The Balaban J connectivity index is 2.26. The van der Waals surface area contributed by atoms with Crippen LogP contribution in [0.4, 0.5) is 23.2 Å². The molecule has 0 aliphatic carbocycles. The zero-order valence-corrected chi connectivity index (χ0v) is 11.5. The molecule has 112 valence electrons. The van der Waals surface area contributed by atoms with Crippen molar-refractivity contribution in [1.82, 2.24) is 0 Å². The number of benzene rings is 2. The maximum atomic E-state index is 13.1. The third kappa shape index (κ3) is 3.81. The molecule has 0 spiro atoms. The van der Waals surface area contributed by atoms with Gasteiger partial charge in [0.2, 0.25) is 0 Å². The Hall–Kier alpha value is -1.89. The molecule has 2 N–H and O–H groups in total. The Bertz CT molecular complexity index is 685. The van der Waals surface area contributed by atoms with Crippen molar-refractivity contribution in [3.63, 3.8) is 0 Å². The second-order valence-corrected chi connectivity index (χ2v) is 5.79. The summed E-state index contributed by atoms with van der Waals surface area (Å²) >= 11 is 0. The van der Waals surface area contributed by atoms with E-state index in [1.165, 1.54) is 18.2 Å². The fourth-order valence-corrected chi connectivity index (χ4v) is 2.98. The normalized spacial score (nSPS) is 13.1. The number of rotatable bonds is 3. The lowest BCUT2D eigenvalue weighted by atomic mass is 10.1. The van der Waals surface area contributed by atoms with Gasteiger partial charge in [-0.25, -0.2) is 4.39 Å².